The zero-order chi connectivity index (χ0) is 18.1. The summed E-state index contributed by atoms with van der Waals surface area (Å²) in [5.74, 6) is 5.75. The fraction of sp³-hybridized carbons (Fsp3) is 0.300. The molecule has 4 nitrogen and oxygen atoms in total. The molecule has 0 unspecified atom stereocenters. The number of nitrogens with one attached hydrogen (secondary N) is 1. The van der Waals surface area contributed by atoms with Crippen molar-refractivity contribution in [1.82, 2.24) is 10.3 Å². The van der Waals surface area contributed by atoms with E-state index in [1.54, 1.807) is 24.5 Å². The van der Waals surface area contributed by atoms with Gasteiger partial charge in [0.1, 0.15) is 18.0 Å². The average molecular weight is 354 g/mol. The maximum atomic E-state index is 13.5. The number of nitrogens with zero attached hydrogens (tertiary/aromatic N) is 1. The summed E-state index contributed by atoms with van der Waals surface area (Å²) in [6.45, 7) is 0. The minimum absolute atomic E-state index is 0.0863. The molecule has 1 saturated carbocycles. The van der Waals surface area contributed by atoms with Crippen LogP contribution in [0.25, 0.3) is 0 Å². The highest BCUT2D eigenvalue weighted by atomic mass is 19.1. The highest BCUT2D eigenvalue weighted by Crippen LogP contribution is 2.36. The summed E-state index contributed by atoms with van der Waals surface area (Å²) in [4.78, 5) is 15.9. The first kappa shape index (κ1) is 16.5. The van der Waals surface area contributed by atoms with Crippen LogP contribution in [-0.4, -0.2) is 17.2 Å². The first-order valence-electron chi connectivity index (χ1n) is 8.41. The molecule has 1 amide bonds. The van der Waals surface area contributed by atoms with Crippen molar-refractivity contribution in [3.8, 4) is 11.8 Å². The van der Waals surface area contributed by atoms with E-state index in [1.165, 1.54) is 12.1 Å². The number of pyridine rings is 1. The van der Waals surface area contributed by atoms with E-state index in [0.717, 1.165) is 0 Å². The van der Waals surface area contributed by atoms with E-state index >= 15 is 0 Å². The molecule has 1 saturated heterocycles. The molecule has 2 aliphatic rings. The summed E-state index contributed by atoms with van der Waals surface area (Å²) >= 11 is 0. The maximum absolute atomic E-state index is 13.5. The SMILES string of the molecule is O=C1N[C@H](c2cncc(C#C[C@H]3C[C@H](F)C3)c2)[C@@H](c2cccc(F)c2)O1. The van der Waals surface area contributed by atoms with Gasteiger partial charge in [-0.05, 0) is 42.2 Å². The van der Waals surface area contributed by atoms with Crippen LogP contribution in [0.2, 0.25) is 0 Å². The number of hydrogen-bond donors (Lipinski definition) is 1. The number of cyclic esters (lactones) is 1. The van der Waals surface area contributed by atoms with Gasteiger partial charge >= 0.3 is 6.09 Å². The first-order chi connectivity index (χ1) is 12.6. The van der Waals surface area contributed by atoms with Crippen LogP contribution in [0.15, 0.2) is 42.7 Å². The lowest BCUT2D eigenvalue weighted by Crippen LogP contribution is -2.23. The van der Waals surface area contributed by atoms with Crippen molar-refractivity contribution in [3.63, 3.8) is 0 Å². The maximum Gasteiger partial charge on any atom is 0.408 e. The third kappa shape index (κ3) is 3.38. The van der Waals surface area contributed by atoms with E-state index in [-0.39, 0.29) is 5.92 Å². The number of alkyl carbamates (subject to hydrolysis) is 1. The van der Waals surface area contributed by atoms with Gasteiger partial charge in [-0.25, -0.2) is 13.6 Å². The zero-order valence-corrected chi connectivity index (χ0v) is 13.8. The highest BCUT2D eigenvalue weighted by Gasteiger charge is 2.36. The van der Waals surface area contributed by atoms with Gasteiger partial charge in [-0.1, -0.05) is 24.0 Å². The van der Waals surface area contributed by atoms with E-state index in [2.05, 4.69) is 22.1 Å². The Morgan fingerprint density at radius 1 is 1.19 bits per heavy atom. The lowest BCUT2D eigenvalue weighted by Gasteiger charge is -2.24. The van der Waals surface area contributed by atoms with Gasteiger partial charge in [0.05, 0.1) is 0 Å². The molecule has 0 radical (unpaired) electrons. The van der Waals surface area contributed by atoms with Crippen molar-refractivity contribution in [2.45, 2.75) is 31.2 Å². The molecule has 0 bridgehead atoms. The van der Waals surface area contributed by atoms with Crippen LogP contribution in [0.4, 0.5) is 13.6 Å². The van der Waals surface area contributed by atoms with E-state index < -0.39 is 30.2 Å². The van der Waals surface area contributed by atoms with Gasteiger partial charge in [-0.3, -0.25) is 4.98 Å². The fourth-order valence-electron chi connectivity index (χ4n) is 3.17. The summed E-state index contributed by atoms with van der Waals surface area (Å²) in [5, 5.41) is 2.74. The molecule has 2 fully saturated rings. The number of halogens is 2. The predicted molar refractivity (Wildman–Crippen MR) is 90.2 cm³/mol. The molecule has 6 heteroatoms. The Morgan fingerprint density at radius 3 is 2.81 bits per heavy atom. The summed E-state index contributed by atoms with van der Waals surface area (Å²) in [7, 11) is 0. The van der Waals surface area contributed by atoms with Gasteiger partial charge in [0.25, 0.3) is 0 Å². The van der Waals surface area contributed by atoms with Crippen LogP contribution in [-0.2, 0) is 4.74 Å². The van der Waals surface area contributed by atoms with Gasteiger partial charge in [0.15, 0.2) is 6.10 Å². The molecule has 1 aliphatic heterocycles. The van der Waals surface area contributed by atoms with Crippen LogP contribution in [0.5, 0.6) is 0 Å². The first-order valence-corrected chi connectivity index (χ1v) is 8.41. The van der Waals surface area contributed by atoms with Crippen molar-refractivity contribution in [1.29, 1.82) is 0 Å². The Hall–Kier alpha value is -2.94. The number of alkyl halides is 1. The highest BCUT2D eigenvalue weighted by molar-refractivity contribution is 5.71. The summed E-state index contributed by atoms with van der Waals surface area (Å²) < 4.78 is 31.7. The lowest BCUT2D eigenvalue weighted by atomic mass is 9.84. The largest absolute Gasteiger partial charge is 0.439 e. The number of amides is 1. The second-order valence-corrected chi connectivity index (χ2v) is 6.54. The summed E-state index contributed by atoms with van der Waals surface area (Å²) in [5.41, 5.74) is 1.96. The molecular formula is C20H16F2N2O2. The third-order valence-corrected chi connectivity index (χ3v) is 4.61. The molecular weight excluding hydrogens is 338 g/mol. The quantitative estimate of drug-likeness (QED) is 0.834. The Balaban J connectivity index is 1.59. The number of aromatic nitrogens is 1. The summed E-state index contributed by atoms with van der Waals surface area (Å²) in [6.07, 6.45) is 2.25. The number of carbonyl (C=O) groups is 1. The molecule has 2 atom stereocenters. The molecule has 2 aromatic rings. The van der Waals surface area contributed by atoms with Gasteiger partial charge in [-0.2, -0.15) is 0 Å². The van der Waals surface area contributed by atoms with Crippen molar-refractivity contribution in [3.05, 3.63) is 65.2 Å². The average Bonchev–Trinajstić information content (AvgIpc) is 3.00. The molecule has 132 valence electrons. The van der Waals surface area contributed by atoms with Gasteiger partial charge in [0.2, 0.25) is 0 Å². The Morgan fingerprint density at radius 2 is 2.04 bits per heavy atom. The van der Waals surface area contributed by atoms with E-state index in [4.69, 9.17) is 4.74 Å². The third-order valence-electron chi connectivity index (χ3n) is 4.61. The second kappa shape index (κ2) is 6.75. The summed E-state index contributed by atoms with van der Waals surface area (Å²) in [6, 6.07) is 7.30. The van der Waals surface area contributed by atoms with Crippen LogP contribution >= 0.6 is 0 Å². The van der Waals surface area contributed by atoms with Gasteiger partial charge < -0.3 is 10.1 Å². The number of benzene rings is 1. The van der Waals surface area contributed by atoms with Crippen molar-refractivity contribution in [2.75, 3.05) is 0 Å². The van der Waals surface area contributed by atoms with Crippen molar-refractivity contribution >= 4 is 6.09 Å². The van der Waals surface area contributed by atoms with Crippen LogP contribution < -0.4 is 5.32 Å². The van der Waals surface area contributed by atoms with Crippen LogP contribution in [0.1, 0.15) is 41.7 Å². The Labute approximate surface area is 149 Å². The van der Waals surface area contributed by atoms with Gasteiger partial charge in [0, 0.05) is 23.9 Å². The smallest absolute Gasteiger partial charge is 0.408 e. The van der Waals surface area contributed by atoms with Crippen molar-refractivity contribution < 1.29 is 18.3 Å². The fourth-order valence-corrected chi connectivity index (χ4v) is 3.17. The molecule has 2 heterocycles. The second-order valence-electron chi connectivity index (χ2n) is 6.54. The molecule has 26 heavy (non-hydrogen) atoms. The van der Waals surface area contributed by atoms with E-state index in [1.807, 2.05) is 6.07 Å². The molecule has 1 aromatic carbocycles. The van der Waals surface area contributed by atoms with E-state index in [9.17, 15) is 13.6 Å². The molecule has 4 rings (SSSR count). The van der Waals surface area contributed by atoms with Crippen LogP contribution in [0, 0.1) is 23.6 Å². The van der Waals surface area contributed by atoms with Crippen molar-refractivity contribution in [2.24, 2.45) is 5.92 Å². The molecule has 1 N–H and O–H groups in total. The minimum Gasteiger partial charge on any atom is -0.439 e. The van der Waals surface area contributed by atoms with Gasteiger partial charge in [-0.15, -0.1) is 0 Å². The normalized spacial score (nSPS) is 26.9. The molecule has 1 aliphatic carbocycles. The molecule has 1 aromatic heterocycles. The number of ether oxygens (including phenoxy) is 1. The monoisotopic (exact) mass is 354 g/mol. The Bertz CT molecular complexity index is 900. The number of rotatable bonds is 2. The number of hydrogen-bond acceptors (Lipinski definition) is 3. The van der Waals surface area contributed by atoms with E-state index in [0.29, 0.717) is 29.5 Å². The Kier molecular flexibility index (Phi) is 4.29. The minimum atomic E-state index is -0.739. The molecule has 0 spiro atoms. The predicted octanol–water partition coefficient (Wildman–Crippen LogP) is 3.84. The zero-order valence-electron chi connectivity index (χ0n) is 13.8. The standard InChI is InChI=1S/C20H16F2N2O2/c21-16-3-1-2-14(9-16)19-18(24-20(25)26-19)15-6-13(10-23-11-15)5-4-12-7-17(22)8-12/h1-3,6,9-12,17-19H,7-8H2,(H,24,25)/t12-,17-,18-,19-/m1/s1. The van der Waals surface area contributed by atoms with Crippen LogP contribution in [0.3, 0.4) is 0 Å². The topological polar surface area (TPSA) is 51.2 Å². The number of carbonyl (C=O) groups excluding carboxylic acids is 1. The lowest BCUT2D eigenvalue weighted by molar-refractivity contribution is 0.132.